The van der Waals surface area contributed by atoms with Crippen LogP contribution in [0.2, 0.25) is 0 Å². The van der Waals surface area contributed by atoms with Crippen molar-refractivity contribution in [3.05, 3.63) is 46.9 Å². The molecule has 0 saturated heterocycles. The van der Waals surface area contributed by atoms with Crippen LogP contribution in [0.25, 0.3) is 0 Å². The summed E-state index contributed by atoms with van der Waals surface area (Å²) in [6, 6.07) is 8.56. The summed E-state index contributed by atoms with van der Waals surface area (Å²) in [7, 11) is 0. The van der Waals surface area contributed by atoms with Crippen LogP contribution in [0, 0.1) is 0 Å². The number of ether oxygens (including phenoxy) is 1. The van der Waals surface area contributed by atoms with Gasteiger partial charge in [0.05, 0.1) is 18.3 Å². The van der Waals surface area contributed by atoms with Crippen LogP contribution in [0.5, 0.6) is 5.75 Å². The Hall–Kier alpha value is -2.28. The Labute approximate surface area is 137 Å². The zero-order valence-corrected chi connectivity index (χ0v) is 13.5. The second-order valence-corrected chi connectivity index (χ2v) is 6.07. The summed E-state index contributed by atoms with van der Waals surface area (Å²) in [6.45, 7) is 2.42. The molecule has 3 rings (SSSR count). The van der Waals surface area contributed by atoms with E-state index in [1.807, 2.05) is 25.1 Å². The highest BCUT2D eigenvalue weighted by Gasteiger charge is 2.26. The maximum absolute atomic E-state index is 12.3. The number of thioether (sulfide) groups is 1. The molecule has 1 aromatic carbocycles. The molecule has 120 valence electrons. The van der Waals surface area contributed by atoms with Gasteiger partial charge in [-0.1, -0.05) is 23.9 Å². The third-order valence-corrected chi connectivity index (χ3v) is 4.61. The van der Waals surface area contributed by atoms with Crippen LogP contribution in [0.3, 0.4) is 0 Å². The van der Waals surface area contributed by atoms with Crippen LogP contribution in [0.1, 0.15) is 19.4 Å². The number of carbonyl (C=O) groups excluding carboxylic acids is 1. The molecule has 2 heterocycles. The van der Waals surface area contributed by atoms with Gasteiger partial charge >= 0.3 is 0 Å². The quantitative estimate of drug-likeness (QED) is 0.851. The first-order valence-electron chi connectivity index (χ1n) is 7.41. The standard InChI is InChI=1S/C16H17N3O3S/c1-2-22-13-6-4-3-5-12(13)18-14(20)9-11-10-23-16-17-8-7-15(21)19(11)16/h3-8,11H,2,9-10H2,1H3,(H,18,20). The van der Waals surface area contributed by atoms with E-state index in [1.54, 1.807) is 10.6 Å². The normalized spacial score (nSPS) is 16.0. The van der Waals surface area contributed by atoms with Crippen molar-refractivity contribution in [2.75, 3.05) is 17.7 Å². The highest BCUT2D eigenvalue weighted by atomic mass is 32.2. The number of fused-ring (bicyclic) bond motifs is 1. The smallest absolute Gasteiger partial charge is 0.254 e. The highest BCUT2D eigenvalue weighted by Crippen LogP contribution is 2.32. The molecule has 6 nitrogen and oxygen atoms in total. The number of hydrogen-bond donors (Lipinski definition) is 1. The zero-order valence-electron chi connectivity index (χ0n) is 12.7. The predicted molar refractivity (Wildman–Crippen MR) is 89.1 cm³/mol. The van der Waals surface area contributed by atoms with E-state index in [0.717, 1.165) is 0 Å². The molecule has 7 heteroatoms. The summed E-state index contributed by atoms with van der Waals surface area (Å²) < 4.78 is 7.10. The number of amides is 1. The molecule has 1 aliphatic rings. The average Bonchev–Trinajstić information content (AvgIpc) is 2.94. The Bertz CT molecular complexity index is 775. The Balaban J connectivity index is 1.72. The summed E-state index contributed by atoms with van der Waals surface area (Å²) in [5.74, 6) is 1.17. The summed E-state index contributed by atoms with van der Waals surface area (Å²) in [6.07, 6.45) is 1.73. The van der Waals surface area contributed by atoms with Crippen molar-refractivity contribution in [2.45, 2.75) is 24.5 Å². The van der Waals surface area contributed by atoms with Gasteiger partial charge in [0.1, 0.15) is 5.75 Å². The molecule has 0 saturated carbocycles. The monoisotopic (exact) mass is 331 g/mol. The number of benzene rings is 1. The van der Waals surface area contributed by atoms with Crippen molar-refractivity contribution in [3.8, 4) is 5.75 Å². The third kappa shape index (κ3) is 3.39. The summed E-state index contributed by atoms with van der Waals surface area (Å²) in [4.78, 5) is 28.5. The molecule has 0 radical (unpaired) electrons. The molecule has 0 fully saturated rings. The molecule has 0 bridgehead atoms. The van der Waals surface area contributed by atoms with Crippen molar-refractivity contribution in [3.63, 3.8) is 0 Å². The largest absolute Gasteiger partial charge is 0.492 e. The minimum atomic E-state index is -0.171. The fourth-order valence-corrected chi connectivity index (χ4v) is 3.63. The lowest BCUT2D eigenvalue weighted by molar-refractivity contribution is -0.116. The van der Waals surface area contributed by atoms with Gasteiger partial charge in [-0.25, -0.2) is 4.98 Å². The van der Waals surface area contributed by atoms with Gasteiger partial charge in [0.2, 0.25) is 5.91 Å². The van der Waals surface area contributed by atoms with Gasteiger partial charge < -0.3 is 10.1 Å². The lowest BCUT2D eigenvalue weighted by Crippen LogP contribution is -2.27. The maximum atomic E-state index is 12.3. The Morgan fingerprint density at radius 3 is 3.09 bits per heavy atom. The van der Waals surface area contributed by atoms with Gasteiger partial charge in [0.25, 0.3) is 5.56 Å². The Morgan fingerprint density at radius 2 is 2.26 bits per heavy atom. The van der Waals surface area contributed by atoms with E-state index in [1.165, 1.54) is 24.0 Å². The molecule has 1 unspecified atom stereocenters. The van der Waals surface area contributed by atoms with E-state index in [-0.39, 0.29) is 23.9 Å². The van der Waals surface area contributed by atoms with E-state index in [2.05, 4.69) is 10.3 Å². The second-order valence-electron chi connectivity index (χ2n) is 5.08. The summed E-state index contributed by atoms with van der Waals surface area (Å²) in [5, 5.41) is 3.53. The third-order valence-electron chi connectivity index (χ3n) is 3.50. The predicted octanol–water partition coefficient (Wildman–Crippen LogP) is 2.32. The minimum Gasteiger partial charge on any atom is -0.492 e. The van der Waals surface area contributed by atoms with Crippen LogP contribution >= 0.6 is 11.8 Å². The molecule has 2 aromatic rings. The number of anilines is 1. The van der Waals surface area contributed by atoms with Crippen molar-refractivity contribution in [2.24, 2.45) is 0 Å². The lowest BCUT2D eigenvalue weighted by atomic mass is 10.2. The van der Waals surface area contributed by atoms with E-state index < -0.39 is 0 Å². The molecule has 23 heavy (non-hydrogen) atoms. The van der Waals surface area contributed by atoms with Gasteiger partial charge in [-0.3, -0.25) is 14.2 Å². The molecule has 1 N–H and O–H groups in total. The number of nitrogens with one attached hydrogen (secondary N) is 1. The van der Waals surface area contributed by atoms with E-state index in [0.29, 0.717) is 29.0 Å². The van der Waals surface area contributed by atoms with Crippen LogP contribution in [0.15, 0.2) is 46.5 Å². The molecular weight excluding hydrogens is 314 g/mol. The van der Waals surface area contributed by atoms with Crippen LogP contribution in [-0.4, -0.2) is 27.8 Å². The van der Waals surface area contributed by atoms with Crippen LogP contribution in [-0.2, 0) is 4.79 Å². The first-order valence-corrected chi connectivity index (χ1v) is 8.39. The van der Waals surface area contributed by atoms with E-state index in [4.69, 9.17) is 4.74 Å². The van der Waals surface area contributed by atoms with E-state index in [9.17, 15) is 9.59 Å². The number of aromatic nitrogens is 2. The number of rotatable bonds is 5. The number of nitrogens with zero attached hydrogens (tertiary/aromatic N) is 2. The molecule has 1 aliphatic heterocycles. The van der Waals surface area contributed by atoms with Gasteiger partial charge in [0, 0.05) is 24.4 Å². The molecular formula is C16H17N3O3S. The Morgan fingerprint density at radius 1 is 1.43 bits per heavy atom. The van der Waals surface area contributed by atoms with Gasteiger partial charge in [-0.2, -0.15) is 0 Å². The number of para-hydroxylation sites is 2. The van der Waals surface area contributed by atoms with Crippen LogP contribution in [0.4, 0.5) is 5.69 Å². The first-order chi connectivity index (χ1) is 11.2. The van der Waals surface area contributed by atoms with Gasteiger partial charge in [-0.15, -0.1) is 0 Å². The van der Waals surface area contributed by atoms with Crippen LogP contribution < -0.4 is 15.6 Å². The first kappa shape index (κ1) is 15.6. The second kappa shape index (κ2) is 6.87. The maximum Gasteiger partial charge on any atom is 0.254 e. The van der Waals surface area contributed by atoms with E-state index >= 15 is 0 Å². The zero-order chi connectivity index (χ0) is 16.2. The lowest BCUT2D eigenvalue weighted by Gasteiger charge is -2.14. The Kier molecular flexibility index (Phi) is 4.66. The minimum absolute atomic E-state index is 0.118. The molecule has 1 amide bonds. The molecule has 1 aromatic heterocycles. The fourth-order valence-electron chi connectivity index (χ4n) is 2.51. The molecule has 0 aliphatic carbocycles. The number of carbonyl (C=O) groups is 1. The summed E-state index contributed by atoms with van der Waals surface area (Å²) >= 11 is 1.50. The average molecular weight is 331 g/mol. The summed E-state index contributed by atoms with van der Waals surface area (Å²) in [5.41, 5.74) is 0.524. The van der Waals surface area contributed by atoms with Crippen molar-refractivity contribution >= 4 is 23.4 Å². The number of hydrogen-bond acceptors (Lipinski definition) is 5. The van der Waals surface area contributed by atoms with Gasteiger partial charge in [0.15, 0.2) is 5.16 Å². The fraction of sp³-hybridized carbons (Fsp3) is 0.312. The van der Waals surface area contributed by atoms with Crippen molar-refractivity contribution in [1.29, 1.82) is 0 Å². The molecule has 0 spiro atoms. The molecule has 1 atom stereocenters. The topological polar surface area (TPSA) is 73.2 Å². The van der Waals surface area contributed by atoms with Crippen molar-refractivity contribution in [1.82, 2.24) is 9.55 Å². The highest BCUT2D eigenvalue weighted by molar-refractivity contribution is 7.99. The van der Waals surface area contributed by atoms with Gasteiger partial charge in [-0.05, 0) is 19.1 Å². The SMILES string of the molecule is CCOc1ccccc1NC(=O)CC1CSc2nccc(=O)n21. The van der Waals surface area contributed by atoms with Crippen molar-refractivity contribution < 1.29 is 9.53 Å².